The number of nitrogens with zero attached hydrogens (tertiary/aromatic N) is 2. The van der Waals surface area contributed by atoms with Gasteiger partial charge in [-0.1, -0.05) is 0 Å². The van der Waals surface area contributed by atoms with Crippen molar-refractivity contribution >= 4 is 27.0 Å². The summed E-state index contributed by atoms with van der Waals surface area (Å²) in [5.74, 6) is 0.496. The van der Waals surface area contributed by atoms with Gasteiger partial charge >= 0.3 is 0 Å². The first-order valence-electron chi connectivity index (χ1n) is 3.46. The van der Waals surface area contributed by atoms with Crippen molar-refractivity contribution in [3.05, 3.63) is 21.8 Å². The van der Waals surface area contributed by atoms with E-state index in [1.807, 2.05) is 0 Å². The predicted molar refractivity (Wildman–Crippen MR) is 47.2 cm³/mol. The van der Waals surface area contributed by atoms with Gasteiger partial charge in [0.15, 0.2) is 5.75 Å². The highest BCUT2D eigenvalue weighted by Crippen LogP contribution is 2.30. The number of aromatic nitrogens is 2. The summed E-state index contributed by atoms with van der Waals surface area (Å²) in [6.07, 6.45) is 0. The quantitative estimate of drug-likeness (QED) is 0.709. The first-order chi connectivity index (χ1) is 6.24. The van der Waals surface area contributed by atoms with E-state index in [-0.39, 0.29) is 0 Å². The van der Waals surface area contributed by atoms with Gasteiger partial charge < -0.3 is 9.94 Å². The third-order valence-corrected chi connectivity index (χ3v) is 2.29. The Morgan fingerprint density at radius 3 is 3.08 bits per heavy atom. The summed E-state index contributed by atoms with van der Waals surface area (Å²) >= 11 is 3.27. The summed E-state index contributed by atoms with van der Waals surface area (Å²) in [6.45, 7) is 0. The van der Waals surface area contributed by atoms with Crippen LogP contribution in [0.2, 0.25) is 0 Å². The molecule has 0 N–H and O–H groups in total. The van der Waals surface area contributed by atoms with E-state index < -0.39 is 0 Å². The Morgan fingerprint density at radius 2 is 2.38 bits per heavy atom. The van der Waals surface area contributed by atoms with Crippen molar-refractivity contribution in [1.82, 2.24) is 5.16 Å². The topological polar surface area (TPSA) is 62.2 Å². The van der Waals surface area contributed by atoms with Crippen LogP contribution >= 0.6 is 15.9 Å². The molecule has 6 heteroatoms. The second-order valence-corrected chi connectivity index (χ2v) is 3.23. The lowest BCUT2D eigenvalue weighted by molar-refractivity contribution is -0.782. The van der Waals surface area contributed by atoms with E-state index in [0.717, 1.165) is 4.47 Å². The van der Waals surface area contributed by atoms with Gasteiger partial charge in [0.25, 0.3) is 5.52 Å². The Kier molecular flexibility index (Phi) is 1.84. The van der Waals surface area contributed by atoms with Crippen molar-refractivity contribution in [3.8, 4) is 5.75 Å². The number of hydrogen-bond donors (Lipinski definition) is 0. The van der Waals surface area contributed by atoms with E-state index in [2.05, 4.69) is 25.7 Å². The van der Waals surface area contributed by atoms with Crippen molar-refractivity contribution in [1.29, 1.82) is 0 Å². The average molecular weight is 245 g/mol. The fraction of sp³-hybridized carbons (Fsp3) is 0.143. The molecule has 1 aromatic carbocycles. The molecule has 1 heterocycles. The standard InChI is InChI=1S/C7H5BrN2O3/c1-12-7-4(8)2-3-5-6(7)9-13-10(5)11/h2-3H,1H3. The molecular formula is C7H5BrN2O3. The molecule has 0 aliphatic rings. The Balaban J connectivity index is 2.85. The van der Waals surface area contributed by atoms with Crippen LogP contribution in [0.4, 0.5) is 0 Å². The minimum Gasteiger partial charge on any atom is -0.491 e. The second-order valence-electron chi connectivity index (χ2n) is 2.38. The molecule has 0 unspecified atom stereocenters. The highest BCUT2D eigenvalue weighted by Gasteiger charge is 2.17. The van der Waals surface area contributed by atoms with Crippen LogP contribution in [0.3, 0.4) is 0 Å². The van der Waals surface area contributed by atoms with Gasteiger partial charge in [0.1, 0.15) is 0 Å². The zero-order valence-electron chi connectivity index (χ0n) is 6.65. The summed E-state index contributed by atoms with van der Waals surface area (Å²) in [4.78, 5) is 0.338. The molecule has 0 aliphatic carbocycles. The normalized spacial score (nSPS) is 10.6. The van der Waals surface area contributed by atoms with Crippen LogP contribution in [0.25, 0.3) is 11.0 Å². The molecule has 0 atom stereocenters. The zero-order valence-corrected chi connectivity index (χ0v) is 8.24. The van der Waals surface area contributed by atoms with Crippen molar-refractivity contribution < 1.29 is 14.3 Å². The first-order valence-corrected chi connectivity index (χ1v) is 4.25. The molecule has 2 rings (SSSR count). The van der Waals surface area contributed by atoms with Crippen molar-refractivity contribution in [2.24, 2.45) is 0 Å². The van der Waals surface area contributed by atoms with Gasteiger partial charge in [0, 0.05) is 0 Å². The molecule has 68 valence electrons. The number of halogens is 1. The second kappa shape index (κ2) is 2.88. The number of hydrogen-bond acceptors (Lipinski definition) is 4. The molecule has 0 saturated carbocycles. The molecule has 0 fully saturated rings. The Morgan fingerprint density at radius 1 is 1.62 bits per heavy atom. The van der Waals surface area contributed by atoms with E-state index in [1.165, 1.54) is 7.11 Å². The molecule has 0 saturated heterocycles. The first kappa shape index (κ1) is 8.31. The molecule has 0 amide bonds. The highest BCUT2D eigenvalue weighted by molar-refractivity contribution is 9.10. The van der Waals surface area contributed by atoms with Crippen LogP contribution in [0.1, 0.15) is 0 Å². The van der Waals surface area contributed by atoms with Crippen molar-refractivity contribution in [2.45, 2.75) is 0 Å². The minimum atomic E-state index is 0.338. The van der Waals surface area contributed by atoms with Gasteiger partial charge in [0.2, 0.25) is 5.52 Å². The molecule has 2 aromatic rings. The molecule has 0 aliphatic heterocycles. The predicted octanol–water partition coefficient (Wildman–Crippen LogP) is 1.23. The lowest BCUT2D eigenvalue weighted by Crippen LogP contribution is -2.22. The van der Waals surface area contributed by atoms with Crippen molar-refractivity contribution in [3.63, 3.8) is 0 Å². The van der Waals surface area contributed by atoms with Gasteiger partial charge in [-0.15, -0.1) is 0 Å². The van der Waals surface area contributed by atoms with Crippen LogP contribution in [0.5, 0.6) is 5.75 Å². The largest absolute Gasteiger partial charge is 0.491 e. The maximum absolute atomic E-state index is 11.0. The molecule has 0 bridgehead atoms. The van der Waals surface area contributed by atoms with E-state index >= 15 is 0 Å². The summed E-state index contributed by atoms with van der Waals surface area (Å²) in [7, 11) is 1.50. The SMILES string of the molecule is COc1c(Br)ccc2c1no[n+]2[O-]. The van der Waals surface area contributed by atoms with E-state index in [1.54, 1.807) is 12.1 Å². The van der Waals surface area contributed by atoms with E-state index in [9.17, 15) is 5.21 Å². The third-order valence-electron chi connectivity index (χ3n) is 1.67. The number of rotatable bonds is 1. The maximum atomic E-state index is 11.0. The fourth-order valence-electron chi connectivity index (χ4n) is 1.09. The molecular weight excluding hydrogens is 240 g/mol. The van der Waals surface area contributed by atoms with Crippen LogP contribution < -0.4 is 9.64 Å². The summed E-state index contributed by atoms with van der Waals surface area (Å²) in [5, 5.41) is 14.5. The zero-order chi connectivity index (χ0) is 9.42. The Hall–Kier alpha value is -1.30. The fourth-order valence-corrected chi connectivity index (χ4v) is 1.57. The number of fused-ring (bicyclic) bond motifs is 1. The van der Waals surface area contributed by atoms with Gasteiger partial charge in [0.05, 0.1) is 16.7 Å². The van der Waals surface area contributed by atoms with Crippen LogP contribution in [-0.2, 0) is 0 Å². The monoisotopic (exact) mass is 244 g/mol. The summed E-state index contributed by atoms with van der Waals surface area (Å²) < 4.78 is 10.2. The van der Waals surface area contributed by atoms with Crippen LogP contribution in [0, 0.1) is 5.21 Å². The lowest BCUT2D eigenvalue weighted by atomic mass is 10.3. The van der Waals surface area contributed by atoms with E-state index in [4.69, 9.17) is 4.74 Å². The summed E-state index contributed by atoms with van der Waals surface area (Å²) in [6, 6.07) is 3.30. The van der Waals surface area contributed by atoms with Crippen LogP contribution in [-0.4, -0.2) is 12.3 Å². The van der Waals surface area contributed by atoms with Gasteiger partial charge in [-0.05, 0) is 33.0 Å². The average Bonchev–Trinajstić information content (AvgIpc) is 2.48. The Labute approximate surface area is 81.6 Å². The molecule has 5 nitrogen and oxygen atoms in total. The smallest absolute Gasteiger partial charge is 0.291 e. The van der Waals surface area contributed by atoms with Crippen molar-refractivity contribution in [2.75, 3.05) is 7.11 Å². The molecule has 13 heavy (non-hydrogen) atoms. The van der Waals surface area contributed by atoms with Gasteiger partial charge in [-0.25, -0.2) is 0 Å². The number of benzene rings is 1. The number of ether oxygens (including phenoxy) is 1. The third kappa shape index (κ3) is 1.14. The lowest BCUT2D eigenvalue weighted by Gasteiger charge is -1.98. The summed E-state index contributed by atoms with van der Waals surface area (Å²) in [5.41, 5.74) is 0.756. The van der Waals surface area contributed by atoms with Gasteiger partial charge in [-0.2, -0.15) is 0 Å². The molecule has 1 aromatic heterocycles. The van der Waals surface area contributed by atoms with Crippen LogP contribution in [0.15, 0.2) is 21.2 Å². The van der Waals surface area contributed by atoms with E-state index in [0.29, 0.717) is 21.7 Å². The number of methoxy groups -OCH3 is 1. The Bertz CT molecular complexity index is 454. The highest BCUT2D eigenvalue weighted by atomic mass is 79.9. The van der Waals surface area contributed by atoms with Gasteiger partial charge in [-0.3, -0.25) is 4.63 Å². The maximum Gasteiger partial charge on any atom is 0.291 e. The molecule has 0 spiro atoms. The molecule has 0 radical (unpaired) electrons. The minimum absolute atomic E-state index is 0.338.